The van der Waals surface area contributed by atoms with E-state index in [1.165, 1.54) is 19.1 Å². The maximum atomic E-state index is 12.2. The van der Waals surface area contributed by atoms with Gasteiger partial charge in [0.25, 0.3) is 5.69 Å². The van der Waals surface area contributed by atoms with E-state index in [9.17, 15) is 19.7 Å². The summed E-state index contributed by atoms with van der Waals surface area (Å²) in [6.45, 7) is 3.13. The van der Waals surface area contributed by atoms with E-state index >= 15 is 0 Å². The Morgan fingerprint density at radius 1 is 0.889 bits per heavy atom. The Morgan fingerprint density at radius 2 is 1.47 bits per heavy atom. The highest BCUT2D eigenvalue weighted by atomic mass is 35.5. The summed E-state index contributed by atoms with van der Waals surface area (Å²) in [7, 11) is 0. The van der Waals surface area contributed by atoms with E-state index in [2.05, 4.69) is 31.2 Å². The van der Waals surface area contributed by atoms with Gasteiger partial charge in [-0.05, 0) is 29.8 Å². The average Bonchev–Trinajstić information content (AvgIpc) is 2.85. The first kappa shape index (κ1) is 26.4. The number of nitro benzene ring substituents is 1. The fourth-order valence-electron chi connectivity index (χ4n) is 3.16. The van der Waals surface area contributed by atoms with Crippen LogP contribution < -0.4 is 21.3 Å². The number of aromatic nitrogens is 2. The molecule has 3 aromatic rings. The number of carbonyl (C=O) groups is 2. The number of nitrogens with one attached hydrogen (secondary N) is 4. The smallest absolute Gasteiger partial charge is 0.269 e. The van der Waals surface area contributed by atoms with Crippen LogP contribution in [0.1, 0.15) is 12.5 Å². The van der Waals surface area contributed by atoms with E-state index in [0.29, 0.717) is 54.2 Å². The molecule has 3 rings (SSSR count). The maximum Gasteiger partial charge on any atom is 0.269 e. The molecule has 0 unspecified atom stereocenters. The van der Waals surface area contributed by atoms with Gasteiger partial charge >= 0.3 is 0 Å². The summed E-state index contributed by atoms with van der Waals surface area (Å²) in [5.74, 6) is 1.31. The number of benzene rings is 2. The number of non-ortho nitro benzene ring substituents is 1. The Kier molecular flexibility index (Phi) is 9.52. The van der Waals surface area contributed by atoms with Crippen molar-refractivity contribution in [1.82, 2.24) is 20.6 Å². The Morgan fingerprint density at radius 3 is 2.03 bits per heavy atom. The predicted molar refractivity (Wildman–Crippen MR) is 138 cm³/mol. The number of nitro groups is 1. The van der Waals surface area contributed by atoms with E-state index in [4.69, 9.17) is 11.6 Å². The molecule has 0 aliphatic heterocycles. The van der Waals surface area contributed by atoms with Crippen LogP contribution in [0.5, 0.6) is 0 Å². The lowest BCUT2D eigenvalue weighted by Gasteiger charge is -2.12. The van der Waals surface area contributed by atoms with Crippen LogP contribution in [0.25, 0.3) is 11.4 Å². The van der Waals surface area contributed by atoms with Crippen LogP contribution in [0.2, 0.25) is 5.02 Å². The molecule has 0 aliphatic rings. The SMILES string of the molecule is CC(=O)NCCNc1cc(NCCNC(=O)Cc2ccc([N+](=O)[O-])cc2)nc(-c2ccc(Cl)cc2)n1. The normalized spacial score (nSPS) is 10.4. The van der Waals surface area contributed by atoms with Gasteiger partial charge in [-0.3, -0.25) is 19.7 Å². The highest BCUT2D eigenvalue weighted by Gasteiger charge is 2.09. The number of carbonyl (C=O) groups excluding carboxylic acids is 2. The quantitative estimate of drug-likeness (QED) is 0.164. The highest BCUT2D eigenvalue weighted by Crippen LogP contribution is 2.22. The largest absolute Gasteiger partial charge is 0.368 e. The number of rotatable bonds is 12. The van der Waals surface area contributed by atoms with Gasteiger partial charge in [-0.1, -0.05) is 23.7 Å². The molecule has 1 heterocycles. The number of hydrogen-bond donors (Lipinski definition) is 4. The lowest BCUT2D eigenvalue weighted by atomic mass is 10.1. The molecule has 1 aromatic heterocycles. The van der Waals surface area contributed by atoms with Crippen LogP contribution in [0.4, 0.5) is 17.3 Å². The molecule has 0 spiro atoms. The second-order valence-corrected chi connectivity index (χ2v) is 8.19. The number of nitrogens with zero attached hydrogens (tertiary/aromatic N) is 3. The lowest BCUT2D eigenvalue weighted by Crippen LogP contribution is -2.30. The summed E-state index contributed by atoms with van der Waals surface area (Å²) in [6, 6.07) is 14.8. The molecule has 11 nitrogen and oxygen atoms in total. The third kappa shape index (κ3) is 8.51. The molecule has 0 radical (unpaired) electrons. The third-order valence-corrected chi connectivity index (χ3v) is 5.15. The van der Waals surface area contributed by atoms with Crippen molar-refractivity contribution in [3.8, 4) is 11.4 Å². The van der Waals surface area contributed by atoms with Crippen molar-refractivity contribution in [2.24, 2.45) is 0 Å². The van der Waals surface area contributed by atoms with Crippen molar-refractivity contribution >= 4 is 40.7 Å². The van der Waals surface area contributed by atoms with Crippen LogP contribution in [0, 0.1) is 10.1 Å². The molecule has 0 bridgehead atoms. The van der Waals surface area contributed by atoms with Crippen molar-refractivity contribution in [1.29, 1.82) is 0 Å². The van der Waals surface area contributed by atoms with Gasteiger partial charge in [0.2, 0.25) is 11.8 Å². The molecule has 2 aromatic carbocycles. The summed E-state index contributed by atoms with van der Waals surface area (Å²) in [6.07, 6.45) is 0.120. The van der Waals surface area contributed by atoms with Crippen LogP contribution in [0.3, 0.4) is 0 Å². The van der Waals surface area contributed by atoms with Crippen LogP contribution in [-0.2, 0) is 16.0 Å². The van der Waals surface area contributed by atoms with Gasteiger partial charge in [-0.2, -0.15) is 0 Å². The van der Waals surface area contributed by atoms with E-state index in [0.717, 1.165) is 5.56 Å². The molecule has 0 aliphatic carbocycles. The number of halogens is 1. The summed E-state index contributed by atoms with van der Waals surface area (Å²) in [5, 5.41) is 23.2. The highest BCUT2D eigenvalue weighted by molar-refractivity contribution is 6.30. The molecule has 2 amide bonds. The van der Waals surface area contributed by atoms with Gasteiger partial charge in [0.05, 0.1) is 11.3 Å². The lowest BCUT2D eigenvalue weighted by molar-refractivity contribution is -0.384. The second-order valence-electron chi connectivity index (χ2n) is 7.76. The van der Waals surface area contributed by atoms with Crippen LogP contribution in [0.15, 0.2) is 54.6 Å². The van der Waals surface area contributed by atoms with E-state index in [-0.39, 0.29) is 23.9 Å². The fourth-order valence-corrected chi connectivity index (χ4v) is 3.29. The Hall–Kier alpha value is -4.25. The predicted octanol–water partition coefficient (Wildman–Crippen LogP) is 3.02. The summed E-state index contributed by atoms with van der Waals surface area (Å²) in [5.41, 5.74) is 1.45. The fraction of sp³-hybridized carbons (Fsp3) is 0.250. The first-order valence-electron chi connectivity index (χ1n) is 11.2. The van der Waals surface area contributed by atoms with Crippen molar-refractivity contribution in [3.05, 3.63) is 75.3 Å². The van der Waals surface area contributed by atoms with Crippen molar-refractivity contribution in [2.45, 2.75) is 13.3 Å². The zero-order valence-corrected chi connectivity index (χ0v) is 20.3. The minimum Gasteiger partial charge on any atom is -0.368 e. The summed E-state index contributed by atoms with van der Waals surface area (Å²) in [4.78, 5) is 42.6. The molecule has 36 heavy (non-hydrogen) atoms. The minimum atomic E-state index is -0.481. The molecule has 0 atom stereocenters. The minimum absolute atomic E-state index is 0.0184. The summed E-state index contributed by atoms with van der Waals surface area (Å²) >= 11 is 5.99. The zero-order valence-electron chi connectivity index (χ0n) is 19.6. The third-order valence-electron chi connectivity index (χ3n) is 4.90. The number of amides is 2. The summed E-state index contributed by atoms with van der Waals surface area (Å²) < 4.78 is 0. The number of anilines is 2. The molecular formula is C24H26ClN7O4. The van der Waals surface area contributed by atoms with E-state index < -0.39 is 4.92 Å². The second kappa shape index (κ2) is 13.0. The zero-order chi connectivity index (χ0) is 25.9. The van der Waals surface area contributed by atoms with Gasteiger partial charge in [-0.25, -0.2) is 9.97 Å². The van der Waals surface area contributed by atoms with Gasteiger partial charge in [0, 0.05) is 61.9 Å². The van der Waals surface area contributed by atoms with Crippen LogP contribution >= 0.6 is 11.6 Å². The first-order chi connectivity index (χ1) is 17.3. The Bertz CT molecular complexity index is 1200. The van der Waals surface area contributed by atoms with Gasteiger partial charge in [0.15, 0.2) is 5.82 Å². The molecule has 0 fully saturated rings. The van der Waals surface area contributed by atoms with Crippen molar-refractivity contribution < 1.29 is 14.5 Å². The van der Waals surface area contributed by atoms with E-state index in [1.807, 2.05) is 12.1 Å². The van der Waals surface area contributed by atoms with Crippen LogP contribution in [-0.4, -0.2) is 52.9 Å². The monoisotopic (exact) mass is 511 g/mol. The molecular weight excluding hydrogens is 486 g/mol. The molecule has 188 valence electrons. The van der Waals surface area contributed by atoms with Gasteiger partial charge in [-0.15, -0.1) is 0 Å². The molecule has 4 N–H and O–H groups in total. The van der Waals surface area contributed by atoms with Crippen molar-refractivity contribution in [2.75, 3.05) is 36.8 Å². The number of hydrogen-bond acceptors (Lipinski definition) is 8. The van der Waals surface area contributed by atoms with Crippen molar-refractivity contribution in [3.63, 3.8) is 0 Å². The molecule has 12 heteroatoms. The Balaban J connectivity index is 1.57. The van der Waals surface area contributed by atoms with Gasteiger partial charge in [0.1, 0.15) is 11.6 Å². The Labute approximate surface area is 212 Å². The average molecular weight is 512 g/mol. The standard InChI is InChI=1S/C24H26ClN7O4/c1-16(33)26-10-11-27-21-15-22(31-24(30-21)18-4-6-19(25)7-5-18)28-12-13-29-23(34)14-17-2-8-20(9-3-17)32(35)36/h2-9,15H,10-14H2,1H3,(H,26,33)(H,29,34)(H2,27,28,30,31). The first-order valence-corrected chi connectivity index (χ1v) is 11.5. The van der Waals surface area contributed by atoms with E-state index in [1.54, 1.807) is 30.3 Å². The van der Waals surface area contributed by atoms with Gasteiger partial charge < -0.3 is 21.3 Å². The molecule has 0 saturated heterocycles. The molecule has 0 saturated carbocycles. The topological polar surface area (TPSA) is 151 Å². The maximum absolute atomic E-state index is 12.2.